The van der Waals surface area contributed by atoms with Gasteiger partial charge in [0.15, 0.2) is 5.78 Å². The number of anilines is 1. The van der Waals surface area contributed by atoms with Gasteiger partial charge >= 0.3 is 11.9 Å². The summed E-state index contributed by atoms with van der Waals surface area (Å²) in [4.78, 5) is 24.2. The van der Waals surface area contributed by atoms with E-state index in [0.717, 1.165) is 6.08 Å². The first-order valence-corrected chi connectivity index (χ1v) is 6.89. The van der Waals surface area contributed by atoms with Crippen molar-refractivity contribution in [2.45, 2.75) is 0 Å². The quantitative estimate of drug-likeness (QED) is 0.673. The molecule has 114 valence electrons. The van der Waals surface area contributed by atoms with Crippen molar-refractivity contribution in [3.63, 3.8) is 0 Å². The van der Waals surface area contributed by atoms with E-state index >= 15 is 0 Å². The molecule has 1 fully saturated rings. The van der Waals surface area contributed by atoms with E-state index in [1.165, 1.54) is 5.01 Å². The Balaban J connectivity index is 1.80. The van der Waals surface area contributed by atoms with Crippen molar-refractivity contribution >= 4 is 23.4 Å². The maximum Gasteiger partial charge on any atom is 0.314 e. The Kier molecular flexibility index (Phi) is 3.88. The van der Waals surface area contributed by atoms with Crippen LogP contribution < -0.4 is 10.4 Å². The number of ketones is 1. The van der Waals surface area contributed by atoms with Crippen molar-refractivity contribution in [3.05, 3.63) is 78.1 Å². The summed E-state index contributed by atoms with van der Waals surface area (Å²) in [6.07, 6.45) is 1.08. The fraction of sp³-hybridized carbons (Fsp3) is 0. The second-order valence-electron chi connectivity index (χ2n) is 4.76. The van der Waals surface area contributed by atoms with Crippen LogP contribution in [0.2, 0.25) is 0 Å². The van der Waals surface area contributed by atoms with Gasteiger partial charge in [0.05, 0.1) is 5.69 Å². The molecule has 0 aromatic heterocycles. The SMILES string of the molecule is N=C1O/C(=C/C(=O)c2ccccc2)C(=O)NN1c1ccccc1. The largest absolute Gasteiger partial charge is 0.419 e. The normalized spacial score (nSPS) is 16.0. The first kappa shape index (κ1) is 14.5. The Morgan fingerprint density at radius 1 is 1.04 bits per heavy atom. The molecule has 6 heteroatoms. The highest BCUT2D eigenvalue weighted by atomic mass is 16.5. The van der Waals surface area contributed by atoms with Gasteiger partial charge in [-0.2, -0.15) is 0 Å². The average molecular weight is 307 g/mol. The molecule has 3 rings (SSSR count). The zero-order valence-electron chi connectivity index (χ0n) is 12.0. The van der Waals surface area contributed by atoms with Gasteiger partial charge in [0, 0.05) is 11.6 Å². The number of carbonyl (C=O) groups excluding carboxylic acids is 2. The van der Waals surface area contributed by atoms with Crippen LogP contribution in [-0.2, 0) is 9.53 Å². The van der Waals surface area contributed by atoms with E-state index in [4.69, 9.17) is 10.1 Å². The second kappa shape index (κ2) is 6.15. The van der Waals surface area contributed by atoms with Crippen molar-refractivity contribution in [1.29, 1.82) is 5.41 Å². The first-order valence-electron chi connectivity index (χ1n) is 6.89. The zero-order valence-corrected chi connectivity index (χ0v) is 12.0. The Morgan fingerprint density at radius 2 is 1.65 bits per heavy atom. The van der Waals surface area contributed by atoms with Crippen LogP contribution in [0.3, 0.4) is 0 Å². The van der Waals surface area contributed by atoms with Crippen LogP contribution in [0.25, 0.3) is 0 Å². The summed E-state index contributed by atoms with van der Waals surface area (Å²) in [5, 5.41) is 9.09. The van der Waals surface area contributed by atoms with Gasteiger partial charge < -0.3 is 4.74 Å². The number of hydrogen-bond donors (Lipinski definition) is 2. The third kappa shape index (κ3) is 3.11. The molecule has 1 amide bonds. The van der Waals surface area contributed by atoms with Gasteiger partial charge in [-0.15, -0.1) is 0 Å². The van der Waals surface area contributed by atoms with Crippen LogP contribution in [0.4, 0.5) is 5.69 Å². The molecule has 0 atom stereocenters. The van der Waals surface area contributed by atoms with E-state index in [9.17, 15) is 9.59 Å². The molecule has 0 spiro atoms. The van der Waals surface area contributed by atoms with Crippen molar-refractivity contribution in [1.82, 2.24) is 5.43 Å². The lowest BCUT2D eigenvalue weighted by molar-refractivity contribution is -0.120. The van der Waals surface area contributed by atoms with Crippen LogP contribution >= 0.6 is 0 Å². The molecule has 1 aliphatic heterocycles. The van der Waals surface area contributed by atoms with Crippen LogP contribution in [-0.4, -0.2) is 17.7 Å². The third-order valence-corrected chi connectivity index (χ3v) is 3.18. The number of para-hydroxylation sites is 1. The predicted molar refractivity (Wildman–Crippen MR) is 84.7 cm³/mol. The maximum atomic E-state index is 12.1. The van der Waals surface area contributed by atoms with Crippen molar-refractivity contribution in [3.8, 4) is 0 Å². The maximum absolute atomic E-state index is 12.1. The van der Waals surface area contributed by atoms with Crippen molar-refractivity contribution < 1.29 is 14.3 Å². The van der Waals surface area contributed by atoms with Gasteiger partial charge in [-0.05, 0) is 12.1 Å². The van der Waals surface area contributed by atoms with Crippen LogP contribution in [0.1, 0.15) is 10.4 Å². The standard InChI is InChI=1S/C17H13N3O3/c18-17-20(13-9-5-2-6-10-13)19-16(22)15(23-17)11-14(21)12-7-3-1-4-8-12/h1-11,18H,(H,19,22)/b15-11+,18-17?. The minimum absolute atomic E-state index is 0.212. The van der Waals surface area contributed by atoms with E-state index in [2.05, 4.69) is 5.43 Å². The number of nitrogens with zero attached hydrogens (tertiary/aromatic N) is 1. The molecule has 0 unspecified atom stereocenters. The van der Waals surface area contributed by atoms with E-state index in [1.54, 1.807) is 54.6 Å². The lowest BCUT2D eigenvalue weighted by Gasteiger charge is -2.29. The van der Waals surface area contributed by atoms with Crippen molar-refractivity contribution in [2.75, 3.05) is 5.01 Å². The lowest BCUT2D eigenvalue weighted by atomic mass is 10.1. The van der Waals surface area contributed by atoms with E-state index in [-0.39, 0.29) is 17.6 Å². The summed E-state index contributed by atoms with van der Waals surface area (Å²) in [5.41, 5.74) is 3.53. The Bertz CT molecular complexity index is 785. The van der Waals surface area contributed by atoms with Gasteiger partial charge in [0.1, 0.15) is 0 Å². The number of nitrogens with one attached hydrogen (secondary N) is 2. The minimum Gasteiger partial charge on any atom is -0.419 e. The molecule has 0 bridgehead atoms. The Labute approximate surface area is 132 Å². The zero-order chi connectivity index (χ0) is 16.2. The second-order valence-corrected chi connectivity index (χ2v) is 4.76. The molecule has 1 aliphatic rings. The third-order valence-electron chi connectivity index (χ3n) is 3.18. The topological polar surface area (TPSA) is 82.5 Å². The number of amides is 1. The van der Waals surface area contributed by atoms with Gasteiger partial charge in [-0.25, -0.2) is 10.4 Å². The molecule has 23 heavy (non-hydrogen) atoms. The van der Waals surface area contributed by atoms with E-state index in [0.29, 0.717) is 11.3 Å². The molecule has 1 saturated heterocycles. The molecule has 2 aromatic rings. The molecular formula is C17H13N3O3. The fourth-order valence-corrected chi connectivity index (χ4v) is 2.06. The molecule has 2 aromatic carbocycles. The molecule has 0 aliphatic carbocycles. The average Bonchev–Trinajstić information content (AvgIpc) is 2.59. The number of amidine groups is 1. The summed E-state index contributed by atoms with van der Waals surface area (Å²) in [6, 6.07) is 17.1. The van der Waals surface area contributed by atoms with Gasteiger partial charge in [-0.3, -0.25) is 15.0 Å². The lowest BCUT2D eigenvalue weighted by Crippen LogP contribution is -2.52. The Morgan fingerprint density at radius 3 is 2.30 bits per heavy atom. The molecule has 6 nitrogen and oxygen atoms in total. The number of hydrazine groups is 1. The van der Waals surface area contributed by atoms with Crippen molar-refractivity contribution in [2.24, 2.45) is 0 Å². The Hall–Kier alpha value is -3.41. The number of benzene rings is 2. The summed E-state index contributed by atoms with van der Waals surface area (Å²) in [7, 11) is 0. The highest BCUT2D eigenvalue weighted by Crippen LogP contribution is 2.17. The number of allylic oxidation sites excluding steroid dienone is 1. The highest BCUT2D eigenvalue weighted by Gasteiger charge is 2.28. The monoisotopic (exact) mass is 307 g/mol. The van der Waals surface area contributed by atoms with E-state index in [1.807, 2.05) is 6.07 Å². The summed E-state index contributed by atoms with van der Waals surface area (Å²) in [5.74, 6) is -1.16. The summed E-state index contributed by atoms with van der Waals surface area (Å²) >= 11 is 0. The van der Waals surface area contributed by atoms with Gasteiger partial charge in [0.2, 0.25) is 5.76 Å². The summed E-state index contributed by atoms with van der Waals surface area (Å²) in [6.45, 7) is 0. The number of rotatable bonds is 3. The molecule has 1 heterocycles. The molecule has 0 radical (unpaired) electrons. The van der Waals surface area contributed by atoms with Gasteiger partial charge in [0.25, 0.3) is 0 Å². The smallest absolute Gasteiger partial charge is 0.314 e. The molecule has 0 saturated carbocycles. The number of hydrogen-bond acceptors (Lipinski definition) is 4. The fourth-order valence-electron chi connectivity index (χ4n) is 2.06. The van der Waals surface area contributed by atoms with Gasteiger partial charge in [-0.1, -0.05) is 48.5 Å². The molecular weight excluding hydrogens is 294 g/mol. The number of carbonyl (C=O) groups is 2. The first-order chi connectivity index (χ1) is 11.1. The van der Waals surface area contributed by atoms with Crippen LogP contribution in [0.15, 0.2) is 72.5 Å². The summed E-state index contributed by atoms with van der Waals surface area (Å²) < 4.78 is 5.20. The van der Waals surface area contributed by atoms with Crippen LogP contribution in [0.5, 0.6) is 0 Å². The molecule has 2 N–H and O–H groups in total. The highest BCUT2D eigenvalue weighted by molar-refractivity contribution is 6.12. The van der Waals surface area contributed by atoms with E-state index < -0.39 is 5.91 Å². The predicted octanol–water partition coefficient (Wildman–Crippen LogP) is 2.26. The number of ether oxygens (including phenoxy) is 1. The van der Waals surface area contributed by atoms with Crippen LogP contribution in [0, 0.1) is 5.41 Å². The minimum atomic E-state index is -0.589.